The van der Waals surface area contributed by atoms with Crippen molar-refractivity contribution in [2.24, 2.45) is 0 Å². The Kier molecular flexibility index (Phi) is 47.2. The van der Waals surface area contributed by atoms with Gasteiger partial charge in [0.25, 0.3) is 0 Å². The van der Waals surface area contributed by atoms with Crippen molar-refractivity contribution in [2.45, 2.75) is 276 Å². The molecule has 0 aliphatic heterocycles. The second kappa shape index (κ2) is 48.7. The Balaban J connectivity index is 3.49. The van der Waals surface area contributed by atoms with Gasteiger partial charge in [0.1, 0.15) is 0 Å². The number of hydrogen-bond acceptors (Lipinski definition) is 5. The smallest absolute Gasteiger partial charge is 0.305 e. The Hall–Kier alpha value is -1.92. The van der Waals surface area contributed by atoms with Crippen LogP contribution in [0.15, 0.2) is 36.5 Å². The van der Waals surface area contributed by atoms with Crippen LogP contribution in [0.2, 0.25) is 0 Å². The highest BCUT2D eigenvalue weighted by Crippen LogP contribution is 2.16. The van der Waals surface area contributed by atoms with Gasteiger partial charge < -0.3 is 20.3 Å². The van der Waals surface area contributed by atoms with Crippen molar-refractivity contribution in [3.05, 3.63) is 36.5 Å². The molecule has 6 heteroatoms. The van der Waals surface area contributed by atoms with E-state index in [1.807, 2.05) is 0 Å². The van der Waals surface area contributed by atoms with Crippen LogP contribution in [0.4, 0.5) is 0 Å². The fourth-order valence-electron chi connectivity index (χ4n) is 7.67. The van der Waals surface area contributed by atoms with Gasteiger partial charge in [0.2, 0.25) is 5.91 Å². The molecule has 59 heavy (non-hydrogen) atoms. The minimum atomic E-state index is -0.674. The fraction of sp³-hybridized carbons (Fsp3) is 0.849. The maximum atomic E-state index is 12.4. The first kappa shape index (κ1) is 57.1. The van der Waals surface area contributed by atoms with Gasteiger partial charge in [0.05, 0.1) is 25.4 Å². The topological polar surface area (TPSA) is 95.9 Å². The Morgan fingerprint density at radius 1 is 0.475 bits per heavy atom. The fourth-order valence-corrected chi connectivity index (χ4v) is 7.67. The van der Waals surface area contributed by atoms with Crippen molar-refractivity contribution in [3.63, 3.8) is 0 Å². The summed E-state index contributed by atoms with van der Waals surface area (Å²) in [6, 6.07) is -0.553. The van der Waals surface area contributed by atoms with Crippen molar-refractivity contribution in [1.29, 1.82) is 0 Å². The highest BCUT2D eigenvalue weighted by Gasteiger charge is 2.20. The maximum Gasteiger partial charge on any atom is 0.305 e. The molecular weight excluding hydrogens is 731 g/mol. The van der Waals surface area contributed by atoms with Crippen LogP contribution in [0.5, 0.6) is 0 Å². The summed E-state index contributed by atoms with van der Waals surface area (Å²) >= 11 is 0. The number of carbonyl (C=O) groups is 2. The number of allylic oxidation sites excluding steroid dienone is 6. The maximum absolute atomic E-state index is 12.4. The molecule has 0 saturated carbocycles. The molecule has 2 atom stereocenters. The number of ether oxygens (including phenoxy) is 1. The summed E-state index contributed by atoms with van der Waals surface area (Å²) in [6.07, 6.45) is 58.2. The van der Waals surface area contributed by atoms with Crippen LogP contribution in [-0.2, 0) is 14.3 Å². The van der Waals surface area contributed by atoms with Gasteiger partial charge in [-0.25, -0.2) is 0 Å². The lowest BCUT2D eigenvalue weighted by Gasteiger charge is -2.22. The first-order valence-corrected chi connectivity index (χ1v) is 25.7. The molecule has 0 aliphatic carbocycles. The van der Waals surface area contributed by atoms with Gasteiger partial charge in [-0.3, -0.25) is 9.59 Å². The zero-order valence-electron chi connectivity index (χ0n) is 39.2. The van der Waals surface area contributed by atoms with Gasteiger partial charge in [-0.1, -0.05) is 211 Å². The van der Waals surface area contributed by atoms with E-state index < -0.39 is 12.1 Å². The van der Waals surface area contributed by atoms with Crippen molar-refractivity contribution < 1.29 is 24.5 Å². The second-order valence-electron chi connectivity index (χ2n) is 17.5. The number of nitrogens with one attached hydrogen (secondary N) is 1. The van der Waals surface area contributed by atoms with Gasteiger partial charge in [0, 0.05) is 12.8 Å². The van der Waals surface area contributed by atoms with Crippen molar-refractivity contribution in [2.75, 3.05) is 13.2 Å². The molecule has 0 heterocycles. The van der Waals surface area contributed by atoms with Crippen molar-refractivity contribution >= 4 is 11.9 Å². The summed E-state index contributed by atoms with van der Waals surface area (Å²) in [6.45, 7) is 4.84. The number of hydrogen-bond donors (Lipinski definition) is 3. The number of amides is 1. The Bertz CT molecular complexity index is 962. The number of unbranched alkanes of at least 4 members (excludes halogenated alkanes) is 30. The van der Waals surface area contributed by atoms with Crippen LogP contribution in [-0.4, -0.2) is 47.4 Å². The van der Waals surface area contributed by atoms with E-state index in [9.17, 15) is 19.8 Å². The van der Waals surface area contributed by atoms with E-state index in [1.54, 1.807) is 0 Å². The van der Waals surface area contributed by atoms with E-state index >= 15 is 0 Å². The van der Waals surface area contributed by atoms with E-state index in [-0.39, 0.29) is 18.5 Å². The third-order valence-corrected chi connectivity index (χ3v) is 11.6. The lowest BCUT2D eigenvalue weighted by molar-refractivity contribution is -0.143. The van der Waals surface area contributed by atoms with Gasteiger partial charge >= 0.3 is 5.97 Å². The molecule has 6 nitrogen and oxygen atoms in total. The monoisotopic (exact) mass is 830 g/mol. The molecule has 0 rings (SSSR count). The van der Waals surface area contributed by atoms with E-state index in [4.69, 9.17) is 4.74 Å². The predicted octanol–water partition coefficient (Wildman–Crippen LogP) is 15.3. The van der Waals surface area contributed by atoms with E-state index in [0.29, 0.717) is 25.9 Å². The highest BCUT2D eigenvalue weighted by atomic mass is 16.5. The Labute approximate surface area is 366 Å². The quantitative estimate of drug-likeness (QED) is 0.0323. The molecule has 0 aliphatic rings. The summed E-state index contributed by atoms with van der Waals surface area (Å²) in [7, 11) is 0. The van der Waals surface area contributed by atoms with Crippen molar-refractivity contribution in [1.82, 2.24) is 5.32 Å². The van der Waals surface area contributed by atoms with E-state index in [0.717, 1.165) is 83.5 Å². The van der Waals surface area contributed by atoms with Crippen LogP contribution < -0.4 is 5.32 Å². The average Bonchev–Trinajstić information content (AvgIpc) is 3.24. The van der Waals surface area contributed by atoms with Crippen LogP contribution in [0.3, 0.4) is 0 Å². The first-order chi connectivity index (χ1) is 29.0. The van der Waals surface area contributed by atoms with Crippen LogP contribution in [0.1, 0.15) is 264 Å². The first-order valence-electron chi connectivity index (χ1n) is 25.7. The molecule has 0 fully saturated rings. The number of rotatable bonds is 47. The molecule has 0 saturated heterocycles. The molecule has 0 aromatic carbocycles. The lowest BCUT2D eigenvalue weighted by Crippen LogP contribution is -2.45. The zero-order valence-corrected chi connectivity index (χ0v) is 39.2. The average molecular weight is 830 g/mol. The van der Waals surface area contributed by atoms with Crippen LogP contribution in [0.25, 0.3) is 0 Å². The highest BCUT2D eigenvalue weighted by molar-refractivity contribution is 5.76. The molecule has 0 aromatic rings. The number of aliphatic hydroxyl groups is 2. The van der Waals surface area contributed by atoms with Gasteiger partial charge in [-0.05, 0) is 77.0 Å². The predicted molar refractivity (Wildman–Crippen MR) is 255 cm³/mol. The molecule has 0 radical (unpaired) electrons. The summed E-state index contributed by atoms with van der Waals surface area (Å²) in [4.78, 5) is 24.4. The van der Waals surface area contributed by atoms with Crippen LogP contribution in [0, 0.1) is 0 Å². The van der Waals surface area contributed by atoms with E-state index in [2.05, 4.69) is 55.6 Å². The van der Waals surface area contributed by atoms with Crippen molar-refractivity contribution in [3.8, 4) is 0 Å². The lowest BCUT2D eigenvalue weighted by atomic mass is 10.0. The van der Waals surface area contributed by atoms with Gasteiger partial charge in [-0.2, -0.15) is 0 Å². The third-order valence-electron chi connectivity index (χ3n) is 11.6. The zero-order chi connectivity index (χ0) is 43.0. The second-order valence-corrected chi connectivity index (χ2v) is 17.5. The molecule has 0 bridgehead atoms. The van der Waals surface area contributed by atoms with Crippen LogP contribution >= 0.6 is 0 Å². The Morgan fingerprint density at radius 2 is 0.881 bits per heavy atom. The summed E-state index contributed by atoms with van der Waals surface area (Å²) < 4.78 is 5.44. The molecule has 0 aromatic heterocycles. The third kappa shape index (κ3) is 45.4. The summed E-state index contributed by atoms with van der Waals surface area (Å²) in [5, 5.41) is 23.2. The number of esters is 1. The largest absolute Gasteiger partial charge is 0.466 e. The molecule has 3 N–H and O–H groups in total. The molecule has 0 spiro atoms. The minimum absolute atomic E-state index is 0.0259. The Morgan fingerprint density at radius 3 is 1.37 bits per heavy atom. The number of aliphatic hydroxyl groups excluding tert-OH is 2. The van der Waals surface area contributed by atoms with Gasteiger partial charge in [0.15, 0.2) is 0 Å². The molecule has 346 valence electrons. The van der Waals surface area contributed by atoms with E-state index in [1.165, 1.54) is 148 Å². The standard InChI is InChI=1S/C53H99NO5/c1-3-5-7-9-11-13-15-17-22-25-29-33-37-41-45-51(56)50(49-55)54-52(57)46-42-38-34-30-26-23-19-18-20-24-28-32-36-40-44-48-59-53(58)47-43-39-35-31-27-21-16-14-12-10-8-6-4-2/h8,10,14,16,20,24,50-51,55-56H,3-7,9,11-13,15,17-19,21-23,25-49H2,1-2H3,(H,54,57)/b10-8-,16-14-,24-20-. The normalized spacial score (nSPS) is 12.9. The minimum Gasteiger partial charge on any atom is -0.466 e. The summed E-state index contributed by atoms with van der Waals surface area (Å²) in [5.74, 6) is -0.0773. The molecule has 1 amide bonds. The SMILES string of the molecule is CCC/C=C\C/C=C\CCCCCCCC(=O)OCCCCCC/C=C\CCCCCCCCCC(=O)NC(CO)C(O)CCCCCCCCCCCCCCCC. The molecular formula is C53H99NO5. The summed E-state index contributed by atoms with van der Waals surface area (Å²) in [5.41, 5.74) is 0. The van der Waals surface area contributed by atoms with Gasteiger partial charge in [-0.15, -0.1) is 0 Å². The molecule has 2 unspecified atom stereocenters. The number of carbonyl (C=O) groups excluding carboxylic acids is 2.